The fraction of sp³-hybridized carbons (Fsp3) is 0.240. The summed E-state index contributed by atoms with van der Waals surface area (Å²) in [5.74, 6) is 3.42. The van der Waals surface area contributed by atoms with Gasteiger partial charge in [0, 0.05) is 48.0 Å². The molecular formula is C50H44BNO3S. The van der Waals surface area contributed by atoms with Crippen LogP contribution in [0, 0.1) is 0 Å². The quantitative estimate of drug-likeness (QED) is 0.157. The number of fused-ring (bicyclic) bond motifs is 13. The van der Waals surface area contributed by atoms with Gasteiger partial charge >= 0.3 is 0 Å². The predicted molar refractivity (Wildman–Crippen MR) is 237 cm³/mol. The Morgan fingerprint density at radius 3 is 1.77 bits per heavy atom. The van der Waals surface area contributed by atoms with Gasteiger partial charge in [0.15, 0.2) is 0 Å². The van der Waals surface area contributed by atoms with Crippen LogP contribution in [-0.4, -0.2) is 11.3 Å². The van der Waals surface area contributed by atoms with Gasteiger partial charge in [0.05, 0.1) is 22.1 Å². The van der Waals surface area contributed by atoms with E-state index in [1.165, 1.54) is 36.9 Å². The first-order chi connectivity index (χ1) is 26.6. The van der Waals surface area contributed by atoms with E-state index in [4.69, 9.17) is 13.9 Å². The molecule has 0 N–H and O–H groups in total. The van der Waals surface area contributed by atoms with Gasteiger partial charge in [-0.05, 0) is 87.5 Å². The molecule has 0 amide bonds. The molecule has 6 heteroatoms. The lowest BCUT2D eigenvalue weighted by molar-refractivity contribution is 0.467. The van der Waals surface area contributed by atoms with Gasteiger partial charge in [-0.3, -0.25) is 0 Å². The van der Waals surface area contributed by atoms with E-state index in [2.05, 4.69) is 164 Å². The highest BCUT2D eigenvalue weighted by atomic mass is 32.1. The van der Waals surface area contributed by atoms with Crippen LogP contribution in [0.25, 0.3) is 59.5 Å². The zero-order chi connectivity index (χ0) is 38.6. The second kappa shape index (κ2) is 11.1. The van der Waals surface area contributed by atoms with Crippen LogP contribution in [0.15, 0.2) is 108 Å². The van der Waals surface area contributed by atoms with Gasteiger partial charge < -0.3 is 18.5 Å². The largest absolute Gasteiger partial charge is 0.458 e. The van der Waals surface area contributed by atoms with Crippen molar-refractivity contribution < 1.29 is 13.9 Å². The second-order valence-corrected chi connectivity index (χ2v) is 20.1. The van der Waals surface area contributed by atoms with Gasteiger partial charge in [0.1, 0.15) is 34.2 Å². The van der Waals surface area contributed by atoms with Crippen LogP contribution in [0.5, 0.6) is 23.0 Å². The standard InChI is InChI=1S/C50H44BNO3S/c1-48(2,3)27-17-20-34-31(23-27)32-24-28(49(4,5)6)18-21-35(32)52(34)36-26-40-44(46-42(36)30-13-10-11-14-37(30)54-46)51-43-38(53-40)15-12-16-39(43)55-45-33-25-29(50(7,8)9)19-22-41(33)56-47(45)51/h10-26H,1-9H3. The number of thiophene rings is 1. The molecule has 2 aliphatic rings. The fourth-order valence-electron chi connectivity index (χ4n) is 9.10. The average molecular weight is 750 g/mol. The molecule has 0 saturated heterocycles. The highest BCUT2D eigenvalue weighted by Gasteiger charge is 2.45. The van der Waals surface area contributed by atoms with E-state index >= 15 is 0 Å². The number of ether oxygens (including phenoxy) is 2. The minimum absolute atomic E-state index is 0.00759. The number of rotatable bonds is 1. The normalized spacial score (nSPS) is 14.1. The minimum atomic E-state index is -0.122. The highest BCUT2D eigenvalue weighted by molar-refractivity contribution is 7.33. The fourth-order valence-corrected chi connectivity index (χ4v) is 10.3. The molecule has 0 unspecified atom stereocenters. The molecule has 0 atom stereocenters. The summed E-state index contributed by atoms with van der Waals surface area (Å²) in [4.78, 5) is 0. The molecule has 0 aliphatic carbocycles. The summed E-state index contributed by atoms with van der Waals surface area (Å²) in [6.45, 7) is 20.4. The van der Waals surface area contributed by atoms with Crippen molar-refractivity contribution in [1.82, 2.24) is 4.57 Å². The molecule has 0 radical (unpaired) electrons. The topological polar surface area (TPSA) is 36.5 Å². The van der Waals surface area contributed by atoms with Crippen molar-refractivity contribution >= 4 is 87.6 Å². The number of furan rings is 1. The van der Waals surface area contributed by atoms with E-state index in [-0.39, 0.29) is 23.0 Å². The van der Waals surface area contributed by atoms with E-state index in [9.17, 15) is 0 Å². The Kier molecular flexibility index (Phi) is 6.71. The molecule has 11 rings (SSSR count). The van der Waals surface area contributed by atoms with E-state index in [0.717, 1.165) is 78.0 Å². The first-order valence-corrected chi connectivity index (χ1v) is 20.6. The van der Waals surface area contributed by atoms with E-state index in [0.29, 0.717) is 0 Å². The number of aromatic nitrogens is 1. The Morgan fingerprint density at radius 1 is 0.536 bits per heavy atom. The molecule has 0 saturated carbocycles. The maximum absolute atomic E-state index is 7.08. The van der Waals surface area contributed by atoms with Crippen LogP contribution in [0.1, 0.15) is 79.0 Å². The number of benzene rings is 6. The molecule has 2 aliphatic heterocycles. The summed E-state index contributed by atoms with van der Waals surface area (Å²) in [5.41, 5.74) is 11.2. The first-order valence-electron chi connectivity index (χ1n) is 19.8. The number of para-hydroxylation sites is 1. The smallest absolute Gasteiger partial charge is 0.278 e. The van der Waals surface area contributed by atoms with Crippen LogP contribution in [0.3, 0.4) is 0 Å². The van der Waals surface area contributed by atoms with Crippen molar-refractivity contribution in [3.8, 4) is 28.7 Å². The van der Waals surface area contributed by atoms with Crippen LogP contribution < -0.4 is 25.2 Å². The van der Waals surface area contributed by atoms with Crippen molar-refractivity contribution in [2.45, 2.75) is 78.6 Å². The lowest BCUT2D eigenvalue weighted by Crippen LogP contribution is -2.56. The molecule has 0 spiro atoms. The van der Waals surface area contributed by atoms with E-state index in [1.54, 1.807) is 0 Å². The third kappa shape index (κ3) is 4.72. The Labute approximate surface area is 331 Å². The first kappa shape index (κ1) is 33.8. The molecule has 3 aromatic heterocycles. The van der Waals surface area contributed by atoms with Crippen molar-refractivity contribution in [3.63, 3.8) is 0 Å². The van der Waals surface area contributed by atoms with Crippen LogP contribution in [0.4, 0.5) is 0 Å². The molecule has 9 aromatic rings. The summed E-state index contributed by atoms with van der Waals surface area (Å²) in [7, 11) is 0. The van der Waals surface area contributed by atoms with Gasteiger partial charge in [0.2, 0.25) is 0 Å². The van der Waals surface area contributed by atoms with Gasteiger partial charge in [-0.1, -0.05) is 105 Å². The summed E-state index contributed by atoms with van der Waals surface area (Å²) < 4.78 is 25.8. The van der Waals surface area contributed by atoms with Crippen LogP contribution >= 0.6 is 11.3 Å². The van der Waals surface area contributed by atoms with Gasteiger partial charge in [-0.15, -0.1) is 11.3 Å². The predicted octanol–water partition coefficient (Wildman–Crippen LogP) is 12.5. The van der Waals surface area contributed by atoms with Gasteiger partial charge in [-0.25, -0.2) is 0 Å². The molecule has 276 valence electrons. The summed E-state index contributed by atoms with van der Waals surface area (Å²) in [5, 5.41) is 5.84. The monoisotopic (exact) mass is 749 g/mol. The van der Waals surface area contributed by atoms with Crippen LogP contribution in [0.2, 0.25) is 0 Å². The SMILES string of the molecule is CC(C)(C)c1ccc2sc3c(c2c1)Oc1cccc2c1B3c1c(cc(-n3c4ccc(C(C)(C)C)cc4c4cc(C(C)(C)C)ccc43)c3c1oc1ccccc13)O2. The van der Waals surface area contributed by atoms with Crippen molar-refractivity contribution in [2.75, 3.05) is 0 Å². The van der Waals surface area contributed by atoms with E-state index in [1.807, 2.05) is 17.4 Å². The molecule has 6 aromatic carbocycles. The lowest BCUT2D eigenvalue weighted by Gasteiger charge is -2.31. The molecule has 4 nitrogen and oxygen atoms in total. The number of hydrogen-bond acceptors (Lipinski definition) is 4. The third-order valence-electron chi connectivity index (χ3n) is 12.2. The molecule has 56 heavy (non-hydrogen) atoms. The zero-order valence-electron chi connectivity index (χ0n) is 33.5. The summed E-state index contributed by atoms with van der Waals surface area (Å²) >= 11 is 1.82. The van der Waals surface area contributed by atoms with Crippen molar-refractivity contribution in [1.29, 1.82) is 0 Å². The van der Waals surface area contributed by atoms with E-state index < -0.39 is 0 Å². The second-order valence-electron chi connectivity index (χ2n) is 19.0. The summed E-state index contributed by atoms with van der Waals surface area (Å²) in [6.07, 6.45) is 0. The van der Waals surface area contributed by atoms with Crippen molar-refractivity contribution in [3.05, 3.63) is 120 Å². The highest BCUT2D eigenvalue weighted by Crippen LogP contribution is 2.46. The molecular weight excluding hydrogens is 705 g/mol. The Bertz CT molecular complexity index is 3090. The molecule has 0 fully saturated rings. The zero-order valence-corrected chi connectivity index (χ0v) is 34.3. The maximum Gasteiger partial charge on any atom is 0.278 e. The Hall–Kier alpha value is -5.46. The lowest BCUT2D eigenvalue weighted by atomic mass is 9.37. The minimum Gasteiger partial charge on any atom is -0.458 e. The Morgan fingerprint density at radius 2 is 1.12 bits per heavy atom. The maximum atomic E-state index is 7.08. The van der Waals surface area contributed by atoms with Gasteiger partial charge in [-0.2, -0.15) is 0 Å². The van der Waals surface area contributed by atoms with Gasteiger partial charge in [0.25, 0.3) is 6.71 Å². The van der Waals surface area contributed by atoms with Crippen molar-refractivity contribution in [2.24, 2.45) is 0 Å². The van der Waals surface area contributed by atoms with Crippen LogP contribution in [-0.2, 0) is 16.2 Å². The Balaban J connectivity index is 1.25. The number of hydrogen-bond donors (Lipinski definition) is 0. The summed E-state index contributed by atoms with van der Waals surface area (Å²) in [6, 6.07) is 37.9. The molecule has 5 heterocycles. The number of nitrogens with zero attached hydrogens (tertiary/aromatic N) is 1. The average Bonchev–Trinajstić information content (AvgIpc) is 3.82. The third-order valence-corrected chi connectivity index (χ3v) is 13.4. The molecule has 0 bridgehead atoms.